The second kappa shape index (κ2) is 9.88. The molecule has 46 heavy (non-hydrogen) atoms. The normalized spacial score (nSPS) is 13.2. The molecule has 3 nitrogen and oxygen atoms in total. The molecule has 0 radical (unpaired) electrons. The zero-order chi connectivity index (χ0) is 30.2. The number of ether oxygens (including phenoxy) is 1. The Morgan fingerprint density at radius 2 is 1.11 bits per heavy atom. The maximum absolute atomic E-state index is 6.55. The van der Waals surface area contributed by atoms with E-state index in [1.54, 1.807) is 0 Å². The number of para-hydroxylation sites is 1. The molecule has 0 saturated carbocycles. The van der Waals surface area contributed by atoms with E-state index in [1.807, 2.05) is 6.07 Å². The highest BCUT2D eigenvalue weighted by Crippen LogP contribution is 2.45. The van der Waals surface area contributed by atoms with Gasteiger partial charge in [-0.2, -0.15) is 4.98 Å². The third-order valence-electron chi connectivity index (χ3n) is 9.98. The van der Waals surface area contributed by atoms with Crippen LogP contribution < -0.4 is 21.1 Å². The topological polar surface area (TPSA) is 35.0 Å². The monoisotopic (exact) mass is 586 g/mol. The highest BCUT2D eigenvalue weighted by molar-refractivity contribution is 6.97. The van der Waals surface area contributed by atoms with Gasteiger partial charge in [0.25, 0.3) is 6.71 Å². The van der Waals surface area contributed by atoms with Gasteiger partial charge in [0.2, 0.25) is 5.88 Å². The summed E-state index contributed by atoms with van der Waals surface area (Å²) in [6, 6.07) is 49.9. The van der Waals surface area contributed by atoms with Crippen LogP contribution in [-0.4, -0.2) is 16.7 Å². The lowest BCUT2D eigenvalue weighted by molar-refractivity contribution is 0.466. The van der Waals surface area contributed by atoms with Gasteiger partial charge in [0, 0.05) is 29.6 Å². The molecule has 0 fully saturated rings. The van der Waals surface area contributed by atoms with E-state index in [0.717, 1.165) is 41.1 Å². The minimum Gasteiger partial charge on any atom is -0.440 e. The molecule has 3 heterocycles. The van der Waals surface area contributed by atoms with Crippen molar-refractivity contribution in [1.82, 2.24) is 9.97 Å². The van der Waals surface area contributed by atoms with Crippen molar-refractivity contribution in [3.05, 3.63) is 162 Å². The van der Waals surface area contributed by atoms with Crippen molar-refractivity contribution in [1.29, 1.82) is 0 Å². The van der Waals surface area contributed by atoms with Gasteiger partial charge in [0.1, 0.15) is 5.75 Å². The molecule has 4 heteroatoms. The molecule has 6 aromatic carbocycles. The van der Waals surface area contributed by atoms with Gasteiger partial charge in [0.05, 0.1) is 0 Å². The maximum atomic E-state index is 6.55. The first-order valence-corrected chi connectivity index (χ1v) is 16.0. The molecule has 214 valence electrons. The number of benzene rings is 6. The lowest BCUT2D eigenvalue weighted by Crippen LogP contribution is -2.59. The zero-order valence-corrected chi connectivity index (χ0v) is 25.1. The minimum absolute atomic E-state index is 0.0792. The van der Waals surface area contributed by atoms with E-state index in [2.05, 4.69) is 133 Å². The van der Waals surface area contributed by atoms with Crippen molar-refractivity contribution in [2.75, 3.05) is 0 Å². The highest BCUT2D eigenvalue weighted by atomic mass is 16.5. The Morgan fingerprint density at radius 3 is 1.93 bits per heavy atom. The fourth-order valence-corrected chi connectivity index (χ4v) is 7.86. The van der Waals surface area contributed by atoms with Crippen molar-refractivity contribution in [3.8, 4) is 56.4 Å². The van der Waals surface area contributed by atoms with Gasteiger partial charge in [-0.3, -0.25) is 0 Å². The average Bonchev–Trinajstić information content (AvgIpc) is 3.51. The fraction of sp³-hybridized carbons (Fsp3) is 0.0476. The van der Waals surface area contributed by atoms with E-state index in [1.165, 1.54) is 61.0 Å². The van der Waals surface area contributed by atoms with Crippen molar-refractivity contribution in [2.24, 2.45) is 0 Å². The minimum atomic E-state index is 0.0792. The third-order valence-corrected chi connectivity index (χ3v) is 9.98. The van der Waals surface area contributed by atoms with E-state index in [4.69, 9.17) is 14.7 Å². The van der Waals surface area contributed by atoms with E-state index in [9.17, 15) is 0 Å². The molecule has 7 aromatic rings. The van der Waals surface area contributed by atoms with Crippen LogP contribution >= 0.6 is 0 Å². The first-order chi connectivity index (χ1) is 22.8. The lowest BCUT2D eigenvalue weighted by atomic mass is 9.33. The summed E-state index contributed by atoms with van der Waals surface area (Å²) < 4.78 is 6.55. The van der Waals surface area contributed by atoms with Crippen LogP contribution in [0.4, 0.5) is 0 Å². The Kier molecular flexibility index (Phi) is 5.50. The number of nitrogens with zero attached hydrogens (tertiary/aromatic N) is 2. The summed E-state index contributed by atoms with van der Waals surface area (Å²) >= 11 is 0. The van der Waals surface area contributed by atoms with Crippen molar-refractivity contribution in [2.45, 2.75) is 12.8 Å². The Labute approximate surface area is 268 Å². The van der Waals surface area contributed by atoms with Crippen LogP contribution in [-0.2, 0) is 12.8 Å². The quantitative estimate of drug-likeness (QED) is 0.200. The van der Waals surface area contributed by atoms with Crippen molar-refractivity contribution >= 4 is 23.1 Å². The van der Waals surface area contributed by atoms with Gasteiger partial charge in [-0.1, -0.05) is 139 Å². The van der Waals surface area contributed by atoms with Crippen LogP contribution in [0.3, 0.4) is 0 Å². The van der Waals surface area contributed by atoms with Crippen LogP contribution in [0.1, 0.15) is 22.4 Å². The SMILES string of the molecule is c1ccc(-c2ccc(-c3cccc4c3Cc3c(-c5nc6c7c(n5)Oc5ccccc5B7c5ccccc5C6)cccc3-4)cc2)cc1. The molecule has 10 rings (SSSR count). The molecule has 0 unspecified atom stereocenters. The second-order valence-corrected chi connectivity index (χ2v) is 12.4. The van der Waals surface area contributed by atoms with Gasteiger partial charge in [-0.15, -0.1) is 0 Å². The van der Waals surface area contributed by atoms with Crippen molar-refractivity contribution < 1.29 is 4.74 Å². The van der Waals surface area contributed by atoms with Crippen LogP contribution in [0.15, 0.2) is 140 Å². The summed E-state index contributed by atoms with van der Waals surface area (Å²) in [4.78, 5) is 10.5. The lowest BCUT2D eigenvalue weighted by Gasteiger charge is -2.32. The van der Waals surface area contributed by atoms with E-state index < -0.39 is 0 Å². The number of hydrogen-bond acceptors (Lipinski definition) is 3. The van der Waals surface area contributed by atoms with E-state index >= 15 is 0 Å². The van der Waals surface area contributed by atoms with Crippen molar-refractivity contribution in [3.63, 3.8) is 0 Å². The Morgan fingerprint density at radius 1 is 0.478 bits per heavy atom. The maximum Gasteiger partial charge on any atom is 0.255 e. The zero-order valence-electron chi connectivity index (χ0n) is 25.1. The molecule has 3 aliphatic rings. The van der Waals surface area contributed by atoms with Crippen LogP contribution in [0, 0.1) is 0 Å². The van der Waals surface area contributed by atoms with Crippen LogP contribution in [0.2, 0.25) is 0 Å². The van der Waals surface area contributed by atoms with Crippen LogP contribution in [0.5, 0.6) is 11.6 Å². The first kappa shape index (κ1) is 25.6. The second-order valence-electron chi connectivity index (χ2n) is 12.4. The van der Waals surface area contributed by atoms with Gasteiger partial charge in [-0.05, 0) is 61.6 Å². The number of aromatic nitrogens is 2. The number of rotatable bonds is 3. The molecular formula is C42H27BN2O. The van der Waals surface area contributed by atoms with E-state index in [-0.39, 0.29) is 6.71 Å². The molecular weight excluding hydrogens is 559 g/mol. The average molecular weight is 587 g/mol. The highest BCUT2D eigenvalue weighted by Gasteiger charge is 2.40. The molecule has 1 aromatic heterocycles. The molecule has 0 amide bonds. The summed E-state index contributed by atoms with van der Waals surface area (Å²) in [7, 11) is 0. The molecule has 0 N–H and O–H groups in total. The molecule has 0 saturated heterocycles. The van der Waals surface area contributed by atoms with E-state index in [0.29, 0.717) is 5.88 Å². The van der Waals surface area contributed by atoms with Gasteiger partial charge < -0.3 is 4.74 Å². The van der Waals surface area contributed by atoms with Crippen LogP contribution in [0.25, 0.3) is 44.8 Å². The number of fused-ring (bicyclic) bond motifs is 7. The molecule has 2 aliphatic heterocycles. The molecule has 1 aliphatic carbocycles. The largest absolute Gasteiger partial charge is 0.440 e. The summed E-state index contributed by atoms with van der Waals surface area (Å²) in [5.41, 5.74) is 17.2. The van der Waals surface area contributed by atoms with Gasteiger partial charge >= 0.3 is 0 Å². The summed E-state index contributed by atoms with van der Waals surface area (Å²) in [6.07, 6.45) is 1.61. The predicted molar refractivity (Wildman–Crippen MR) is 187 cm³/mol. The van der Waals surface area contributed by atoms with Gasteiger partial charge in [-0.25, -0.2) is 4.98 Å². The Hall–Kier alpha value is -5.74. The molecule has 0 spiro atoms. The van der Waals surface area contributed by atoms with Gasteiger partial charge in [0.15, 0.2) is 5.82 Å². The molecule has 0 bridgehead atoms. The smallest absolute Gasteiger partial charge is 0.255 e. The summed E-state index contributed by atoms with van der Waals surface area (Å²) in [6.45, 7) is 0.0792. The predicted octanol–water partition coefficient (Wildman–Crippen LogP) is 7.57. The fourth-order valence-electron chi connectivity index (χ4n) is 7.86. The Balaban J connectivity index is 1.07. The summed E-state index contributed by atoms with van der Waals surface area (Å²) in [5.74, 6) is 2.30. The standard InChI is InChI=1S/C42H27BN2O/c1-2-10-26(11-3-1)27-20-22-28(23-21-27)30-13-8-14-31-32-15-9-16-33(35(32)25-34(30)31)41-44-38-24-29-12-4-5-17-36(29)43-37-18-6-7-19-39(37)46-42(45-41)40(38)43/h1-23H,24-25H2. The first-order valence-electron chi connectivity index (χ1n) is 16.0. The summed E-state index contributed by atoms with van der Waals surface area (Å²) in [5, 5.41) is 0. The molecule has 0 atom stereocenters. The Bertz CT molecular complexity index is 2280. The number of hydrogen-bond donors (Lipinski definition) is 0. The third kappa shape index (κ3) is 3.80.